The normalized spacial score (nSPS) is 19.4. The largest absolute Gasteiger partial charge is 0.448 e. The van der Waals surface area contributed by atoms with Crippen molar-refractivity contribution in [1.29, 1.82) is 0 Å². The Morgan fingerprint density at radius 2 is 1.81 bits per heavy atom. The lowest BCUT2D eigenvalue weighted by atomic mass is 10.0. The summed E-state index contributed by atoms with van der Waals surface area (Å²) in [6.07, 6.45) is 4.90. The Bertz CT molecular complexity index is 1240. The number of carbonyl (C=O) groups excluding carboxylic acids is 2. The first-order valence-electron chi connectivity index (χ1n) is 11.5. The lowest BCUT2D eigenvalue weighted by Crippen LogP contribution is -2.68. The maximum atomic E-state index is 13.7. The summed E-state index contributed by atoms with van der Waals surface area (Å²) in [6.45, 7) is 0. The molecule has 36 heavy (non-hydrogen) atoms. The number of nitrogens with zero attached hydrogens (tertiary/aromatic N) is 2. The highest BCUT2D eigenvalue weighted by molar-refractivity contribution is 8.02. The van der Waals surface area contributed by atoms with Gasteiger partial charge in [0.1, 0.15) is 17.1 Å². The molecule has 2 aromatic carbocycles. The molecule has 1 saturated heterocycles. The summed E-state index contributed by atoms with van der Waals surface area (Å²) in [5.74, 6) is 0.414. The smallest absolute Gasteiger partial charge is 0.356 e. The van der Waals surface area contributed by atoms with Crippen LogP contribution in [-0.2, 0) is 14.3 Å². The Labute approximate surface area is 218 Å². The van der Waals surface area contributed by atoms with Crippen LogP contribution in [0.3, 0.4) is 0 Å². The molecule has 182 valence electrons. The van der Waals surface area contributed by atoms with Crippen molar-refractivity contribution in [3.63, 3.8) is 0 Å². The SMILES string of the molecule is NC1C(=O)N2C(C(=O)OC(c3ccccc3)c3ccccc3)=C(CS/C=C\c3cccnc3)CSC12. The van der Waals surface area contributed by atoms with E-state index in [2.05, 4.69) is 4.98 Å². The van der Waals surface area contributed by atoms with Crippen molar-refractivity contribution >= 4 is 41.5 Å². The summed E-state index contributed by atoms with van der Waals surface area (Å²) in [5.41, 5.74) is 9.95. The molecule has 2 aliphatic rings. The second-order valence-electron chi connectivity index (χ2n) is 8.39. The number of benzene rings is 2. The van der Waals surface area contributed by atoms with Crippen LogP contribution < -0.4 is 5.73 Å². The van der Waals surface area contributed by atoms with Gasteiger partial charge >= 0.3 is 5.97 Å². The molecule has 0 saturated carbocycles. The predicted octanol–water partition coefficient (Wildman–Crippen LogP) is 4.61. The van der Waals surface area contributed by atoms with E-state index in [-0.39, 0.29) is 11.3 Å². The molecule has 1 aromatic heterocycles. The molecule has 1 fully saturated rings. The fraction of sp³-hybridized carbons (Fsp3) is 0.179. The van der Waals surface area contributed by atoms with Gasteiger partial charge in [0.15, 0.2) is 6.10 Å². The third kappa shape index (κ3) is 5.11. The van der Waals surface area contributed by atoms with E-state index in [0.717, 1.165) is 22.3 Å². The fourth-order valence-electron chi connectivity index (χ4n) is 4.18. The van der Waals surface area contributed by atoms with Gasteiger partial charge in [-0.15, -0.1) is 23.5 Å². The standard InChI is InChI=1S/C28H25N3O3S2/c29-23-26(32)31-24(22(18-36-27(23)31)17-35-15-13-19-8-7-14-30-16-19)28(33)34-25(20-9-3-1-4-10-20)21-11-5-2-6-12-21/h1-16,23,25,27H,17-18,29H2/b15-13-. The predicted molar refractivity (Wildman–Crippen MR) is 145 cm³/mol. The number of amides is 1. The van der Waals surface area contributed by atoms with Gasteiger partial charge in [-0.05, 0) is 39.8 Å². The number of β-lactam (4-membered cyclic amide) rings is 1. The molecule has 1 amide bonds. The zero-order chi connectivity index (χ0) is 24.9. The van der Waals surface area contributed by atoms with Crippen LogP contribution >= 0.6 is 23.5 Å². The van der Waals surface area contributed by atoms with Gasteiger partial charge in [-0.1, -0.05) is 66.7 Å². The minimum absolute atomic E-state index is 0.244. The van der Waals surface area contributed by atoms with Crippen LogP contribution in [0, 0.1) is 0 Å². The number of hydrogen-bond donors (Lipinski definition) is 1. The van der Waals surface area contributed by atoms with Crippen molar-refractivity contribution in [3.8, 4) is 0 Å². The first-order chi connectivity index (χ1) is 17.6. The van der Waals surface area contributed by atoms with Crippen LogP contribution in [0.25, 0.3) is 6.08 Å². The molecular formula is C28H25N3O3S2. The van der Waals surface area contributed by atoms with E-state index in [1.807, 2.05) is 84.3 Å². The Morgan fingerprint density at radius 1 is 1.11 bits per heavy atom. The lowest BCUT2D eigenvalue weighted by Gasteiger charge is -2.48. The molecule has 3 heterocycles. The molecule has 0 spiro atoms. The molecule has 2 N–H and O–H groups in total. The maximum absolute atomic E-state index is 13.7. The molecular weight excluding hydrogens is 490 g/mol. The van der Waals surface area contributed by atoms with Crippen LogP contribution in [-0.4, -0.2) is 44.7 Å². The zero-order valence-electron chi connectivity index (χ0n) is 19.4. The van der Waals surface area contributed by atoms with E-state index >= 15 is 0 Å². The molecule has 0 bridgehead atoms. The second kappa shape index (κ2) is 11.2. The van der Waals surface area contributed by atoms with Crippen LogP contribution in [0.1, 0.15) is 22.8 Å². The minimum atomic E-state index is -0.600. The van der Waals surface area contributed by atoms with Crippen molar-refractivity contribution in [2.45, 2.75) is 17.5 Å². The van der Waals surface area contributed by atoms with Gasteiger partial charge in [-0.3, -0.25) is 14.7 Å². The van der Waals surface area contributed by atoms with Gasteiger partial charge in [0.05, 0.1) is 0 Å². The molecule has 3 aromatic rings. The van der Waals surface area contributed by atoms with Crippen molar-refractivity contribution in [2.75, 3.05) is 11.5 Å². The lowest BCUT2D eigenvalue weighted by molar-refractivity contribution is -0.153. The molecule has 0 radical (unpaired) electrons. The topological polar surface area (TPSA) is 85.5 Å². The number of ether oxygens (including phenoxy) is 1. The number of esters is 1. The highest BCUT2D eigenvalue weighted by Crippen LogP contribution is 2.41. The summed E-state index contributed by atoms with van der Waals surface area (Å²) < 4.78 is 6.13. The summed E-state index contributed by atoms with van der Waals surface area (Å²) in [4.78, 5) is 32.1. The van der Waals surface area contributed by atoms with Crippen LogP contribution in [0.4, 0.5) is 0 Å². The third-order valence-corrected chi connectivity index (χ3v) is 8.21. The van der Waals surface area contributed by atoms with Crippen LogP contribution in [0.5, 0.6) is 0 Å². The second-order valence-corrected chi connectivity index (χ2v) is 10.4. The van der Waals surface area contributed by atoms with Crippen molar-refractivity contribution < 1.29 is 14.3 Å². The Hall–Kier alpha value is -3.33. The number of carbonyl (C=O) groups is 2. The summed E-state index contributed by atoms with van der Waals surface area (Å²) in [7, 11) is 0. The van der Waals surface area contributed by atoms with Crippen LogP contribution in [0.2, 0.25) is 0 Å². The average molecular weight is 516 g/mol. The van der Waals surface area contributed by atoms with Crippen molar-refractivity contribution in [3.05, 3.63) is 119 Å². The molecule has 2 atom stereocenters. The minimum Gasteiger partial charge on any atom is -0.448 e. The van der Waals surface area contributed by atoms with Gasteiger partial charge in [-0.25, -0.2) is 4.79 Å². The molecule has 2 unspecified atom stereocenters. The number of pyridine rings is 1. The zero-order valence-corrected chi connectivity index (χ0v) is 21.0. The molecule has 0 aliphatic carbocycles. The summed E-state index contributed by atoms with van der Waals surface area (Å²) in [6, 6.07) is 22.5. The third-order valence-electron chi connectivity index (χ3n) is 6.01. The number of nitrogens with two attached hydrogens (primary N) is 1. The molecule has 5 rings (SSSR count). The fourth-order valence-corrected chi connectivity index (χ4v) is 6.39. The summed E-state index contributed by atoms with van der Waals surface area (Å²) >= 11 is 3.15. The van der Waals surface area contributed by atoms with E-state index in [9.17, 15) is 9.59 Å². The van der Waals surface area contributed by atoms with E-state index in [1.54, 1.807) is 35.9 Å². The first kappa shape index (κ1) is 24.4. The van der Waals surface area contributed by atoms with E-state index in [0.29, 0.717) is 17.2 Å². The van der Waals surface area contributed by atoms with Gasteiger partial charge in [0.2, 0.25) is 5.91 Å². The van der Waals surface area contributed by atoms with Gasteiger partial charge in [0, 0.05) is 23.9 Å². The Balaban J connectivity index is 1.41. The molecule has 8 heteroatoms. The Kier molecular flexibility index (Phi) is 7.55. The average Bonchev–Trinajstić information content (AvgIpc) is 2.94. The maximum Gasteiger partial charge on any atom is 0.356 e. The quantitative estimate of drug-likeness (QED) is 0.346. The Morgan fingerprint density at radius 3 is 2.44 bits per heavy atom. The number of rotatable bonds is 8. The van der Waals surface area contributed by atoms with Gasteiger partial charge < -0.3 is 10.5 Å². The monoisotopic (exact) mass is 515 g/mol. The summed E-state index contributed by atoms with van der Waals surface area (Å²) in [5, 5.41) is 1.73. The van der Waals surface area contributed by atoms with Crippen LogP contribution in [0.15, 0.2) is 102 Å². The van der Waals surface area contributed by atoms with Crippen molar-refractivity contribution in [2.24, 2.45) is 5.73 Å². The van der Waals surface area contributed by atoms with Gasteiger partial charge in [-0.2, -0.15) is 0 Å². The van der Waals surface area contributed by atoms with Gasteiger partial charge in [0.25, 0.3) is 0 Å². The number of thioether (sulfide) groups is 2. The van der Waals surface area contributed by atoms with E-state index in [1.165, 1.54) is 4.90 Å². The van der Waals surface area contributed by atoms with Crippen molar-refractivity contribution in [1.82, 2.24) is 9.88 Å². The number of fused-ring (bicyclic) bond motifs is 1. The van der Waals surface area contributed by atoms with E-state index < -0.39 is 18.1 Å². The first-order valence-corrected chi connectivity index (χ1v) is 13.6. The molecule has 2 aliphatic heterocycles. The molecule has 6 nitrogen and oxygen atoms in total. The highest BCUT2D eigenvalue weighted by atomic mass is 32.2. The number of aromatic nitrogens is 1. The van der Waals surface area contributed by atoms with E-state index in [4.69, 9.17) is 10.5 Å². The highest BCUT2D eigenvalue weighted by Gasteiger charge is 2.52. The number of hydrogen-bond acceptors (Lipinski definition) is 7.